The third-order valence-corrected chi connectivity index (χ3v) is 5.04. The molecule has 1 N–H and O–H groups in total. The second-order valence-electron chi connectivity index (χ2n) is 6.64. The number of likely N-dealkylation sites (tertiary alicyclic amines) is 1. The van der Waals surface area contributed by atoms with Gasteiger partial charge >= 0.3 is 0 Å². The fourth-order valence-corrected chi connectivity index (χ4v) is 3.65. The van der Waals surface area contributed by atoms with Gasteiger partial charge in [-0.2, -0.15) is 0 Å². The quantitative estimate of drug-likeness (QED) is 0.906. The normalized spacial score (nSPS) is 24.9. The summed E-state index contributed by atoms with van der Waals surface area (Å²) < 4.78 is 19.8. The summed E-state index contributed by atoms with van der Waals surface area (Å²) in [4.78, 5) is 2.49. The summed E-state index contributed by atoms with van der Waals surface area (Å²) in [5.74, 6) is 0.499. The molecule has 21 heavy (non-hydrogen) atoms. The van der Waals surface area contributed by atoms with Crippen LogP contribution in [-0.4, -0.2) is 36.7 Å². The molecule has 3 rings (SSSR count). The van der Waals surface area contributed by atoms with Gasteiger partial charge in [0.1, 0.15) is 17.2 Å². The molecule has 4 heteroatoms. The number of ether oxygens (including phenoxy) is 1. The predicted molar refractivity (Wildman–Crippen MR) is 82.1 cm³/mol. The zero-order valence-corrected chi connectivity index (χ0v) is 13.2. The molecule has 1 saturated heterocycles. The van der Waals surface area contributed by atoms with Crippen LogP contribution >= 0.6 is 0 Å². The van der Waals surface area contributed by atoms with Gasteiger partial charge in [0.2, 0.25) is 0 Å². The van der Waals surface area contributed by atoms with Gasteiger partial charge in [0.25, 0.3) is 0 Å². The largest absolute Gasteiger partial charge is 0.487 e. The first kappa shape index (κ1) is 14.8. The molecule has 0 saturated carbocycles. The molecule has 0 bridgehead atoms. The zero-order chi connectivity index (χ0) is 15.0. The molecule has 1 aromatic carbocycles. The highest BCUT2D eigenvalue weighted by Crippen LogP contribution is 2.44. The molecule has 3 nitrogen and oxygen atoms in total. The summed E-state index contributed by atoms with van der Waals surface area (Å²) in [6, 6.07) is 5.74. The van der Waals surface area contributed by atoms with E-state index in [1.165, 1.54) is 12.1 Å². The number of nitrogens with one attached hydrogen (secondary N) is 1. The molecule has 1 atom stereocenters. The molecule has 2 aliphatic rings. The molecule has 1 aromatic rings. The SMILES string of the molecule is CNC1CC2(CCN(C(C)C)CC2)Oc2cc(F)ccc21. The van der Waals surface area contributed by atoms with Gasteiger partial charge in [-0.05, 0) is 39.8 Å². The Labute approximate surface area is 126 Å². The van der Waals surface area contributed by atoms with Crippen LogP contribution in [0.1, 0.15) is 44.7 Å². The lowest BCUT2D eigenvalue weighted by atomic mass is 9.80. The molecule has 1 unspecified atom stereocenters. The highest BCUT2D eigenvalue weighted by Gasteiger charge is 2.43. The van der Waals surface area contributed by atoms with E-state index < -0.39 is 0 Å². The van der Waals surface area contributed by atoms with Crippen LogP contribution in [0.25, 0.3) is 0 Å². The predicted octanol–water partition coefficient (Wildman–Crippen LogP) is 3.11. The van der Waals surface area contributed by atoms with Crippen LogP contribution in [0.4, 0.5) is 4.39 Å². The number of nitrogens with zero attached hydrogens (tertiary/aromatic N) is 1. The summed E-state index contributed by atoms with van der Waals surface area (Å²) in [7, 11) is 1.97. The zero-order valence-electron chi connectivity index (χ0n) is 13.2. The van der Waals surface area contributed by atoms with Crippen molar-refractivity contribution in [3.63, 3.8) is 0 Å². The molecule has 2 aliphatic heterocycles. The second kappa shape index (κ2) is 5.58. The van der Waals surface area contributed by atoms with Crippen LogP contribution in [0.15, 0.2) is 18.2 Å². The average molecular weight is 292 g/mol. The molecule has 0 radical (unpaired) electrons. The summed E-state index contributed by atoms with van der Waals surface area (Å²) in [5.41, 5.74) is 0.940. The number of hydrogen-bond acceptors (Lipinski definition) is 3. The maximum atomic E-state index is 13.5. The molecule has 0 amide bonds. The average Bonchev–Trinajstić information content (AvgIpc) is 2.46. The van der Waals surface area contributed by atoms with E-state index in [2.05, 4.69) is 24.1 Å². The molecule has 1 spiro atoms. The highest BCUT2D eigenvalue weighted by molar-refractivity contribution is 5.39. The van der Waals surface area contributed by atoms with Crippen LogP contribution in [-0.2, 0) is 0 Å². The van der Waals surface area contributed by atoms with Gasteiger partial charge in [-0.3, -0.25) is 0 Å². The van der Waals surface area contributed by atoms with E-state index in [1.807, 2.05) is 13.1 Å². The van der Waals surface area contributed by atoms with Crippen molar-refractivity contribution >= 4 is 0 Å². The van der Waals surface area contributed by atoms with Crippen molar-refractivity contribution in [2.75, 3.05) is 20.1 Å². The Morgan fingerprint density at radius 3 is 2.67 bits per heavy atom. The van der Waals surface area contributed by atoms with Gasteiger partial charge in [0.15, 0.2) is 0 Å². The molecular weight excluding hydrogens is 267 g/mol. The first-order chi connectivity index (χ1) is 10.0. The minimum atomic E-state index is -0.222. The number of halogens is 1. The first-order valence-electron chi connectivity index (χ1n) is 7.93. The van der Waals surface area contributed by atoms with Gasteiger partial charge in [-0.25, -0.2) is 4.39 Å². The van der Waals surface area contributed by atoms with Crippen LogP contribution < -0.4 is 10.1 Å². The maximum Gasteiger partial charge on any atom is 0.127 e. The Kier molecular flexibility index (Phi) is 3.93. The van der Waals surface area contributed by atoms with Crippen molar-refractivity contribution in [3.8, 4) is 5.75 Å². The summed E-state index contributed by atoms with van der Waals surface area (Å²) in [5, 5.41) is 3.37. The van der Waals surface area contributed by atoms with Crippen LogP contribution in [0.3, 0.4) is 0 Å². The van der Waals surface area contributed by atoms with Gasteiger partial charge in [0, 0.05) is 43.2 Å². The van der Waals surface area contributed by atoms with Crippen molar-refractivity contribution in [1.29, 1.82) is 0 Å². The smallest absolute Gasteiger partial charge is 0.127 e. The van der Waals surface area contributed by atoms with Crippen molar-refractivity contribution in [2.45, 2.75) is 50.8 Å². The Balaban J connectivity index is 1.83. The van der Waals surface area contributed by atoms with E-state index in [4.69, 9.17) is 4.74 Å². The Morgan fingerprint density at radius 2 is 2.05 bits per heavy atom. The van der Waals surface area contributed by atoms with E-state index in [9.17, 15) is 4.39 Å². The lowest BCUT2D eigenvalue weighted by Gasteiger charge is -2.47. The van der Waals surface area contributed by atoms with E-state index in [-0.39, 0.29) is 17.5 Å². The lowest BCUT2D eigenvalue weighted by Crippen LogP contribution is -2.52. The summed E-state index contributed by atoms with van der Waals surface area (Å²) in [6.07, 6.45) is 2.99. The van der Waals surface area contributed by atoms with Crippen molar-refractivity contribution < 1.29 is 9.13 Å². The molecule has 116 valence electrons. The van der Waals surface area contributed by atoms with Crippen LogP contribution in [0, 0.1) is 5.82 Å². The van der Waals surface area contributed by atoms with Crippen LogP contribution in [0.2, 0.25) is 0 Å². The third kappa shape index (κ3) is 2.79. The summed E-state index contributed by atoms with van der Waals surface area (Å²) in [6.45, 7) is 6.58. The number of rotatable bonds is 2. The van der Waals surface area contributed by atoms with Crippen LogP contribution in [0.5, 0.6) is 5.75 Å². The van der Waals surface area contributed by atoms with Gasteiger partial charge in [0.05, 0.1) is 0 Å². The number of fused-ring (bicyclic) bond motifs is 1. The fourth-order valence-electron chi connectivity index (χ4n) is 3.65. The minimum absolute atomic E-state index is 0.139. The molecule has 0 aliphatic carbocycles. The van der Waals surface area contributed by atoms with E-state index in [0.29, 0.717) is 6.04 Å². The van der Waals surface area contributed by atoms with E-state index in [0.717, 1.165) is 43.7 Å². The van der Waals surface area contributed by atoms with E-state index >= 15 is 0 Å². The number of piperidine rings is 1. The minimum Gasteiger partial charge on any atom is -0.487 e. The van der Waals surface area contributed by atoms with Crippen molar-refractivity contribution in [2.24, 2.45) is 0 Å². The number of hydrogen-bond donors (Lipinski definition) is 1. The van der Waals surface area contributed by atoms with Crippen molar-refractivity contribution in [1.82, 2.24) is 10.2 Å². The fraction of sp³-hybridized carbons (Fsp3) is 0.647. The Hall–Kier alpha value is -1.13. The molecule has 2 heterocycles. The Morgan fingerprint density at radius 1 is 1.33 bits per heavy atom. The third-order valence-electron chi connectivity index (χ3n) is 5.04. The van der Waals surface area contributed by atoms with E-state index in [1.54, 1.807) is 0 Å². The van der Waals surface area contributed by atoms with Gasteiger partial charge in [-0.15, -0.1) is 0 Å². The number of benzene rings is 1. The lowest BCUT2D eigenvalue weighted by molar-refractivity contribution is -0.0308. The monoisotopic (exact) mass is 292 g/mol. The molecule has 1 fully saturated rings. The Bertz CT molecular complexity index is 510. The van der Waals surface area contributed by atoms with Gasteiger partial charge < -0.3 is 15.0 Å². The molecular formula is C17H25FN2O. The van der Waals surface area contributed by atoms with Gasteiger partial charge in [-0.1, -0.05) is 6.07 Å². The first-order valence-corrected chi connectivity index (χ1v) is 7.93. The van der Waals surface area contributed by atoms with Crippen molar-refractivity contribution in [3.05, 3.63) is 29.6 Å². The maximum absolute atomic E-state index is 13.5. The molecule has 0 aromatic heterocycles. The topological polar surface area (TPSA) is 24.5 Å². The standard InChI is InChI=1S/C17H25FN2O/c1-12(2)20-8-6-17(7-9-20)11-15(19-3)14-5-4-13(18)10-16(14)21-17/h4-5,10,12,15,19H,6-9,11H2,1-3H3. The summed E-state index contributed by atoms with van der Waals surface area (Å²) >= 11 is 0. The second-order valence-corrected chi connectivity index (χ2v) is 6.64. The highest BCUT2D eigenvalue weighted by atomic mass is 19.1.